The summed E-state index contributed by atoms with van der Waals surface area (Å²) < 4.78 is 0. The molecular formula is C18H24N2O. The minimum absolute atomic E-state index is 0.144. The van der Waals surface area contributed by atoms with E-state index in [-0.39, 0.29) is 5.91 Å². The first-order valence-electron chi connectivity index (χ1n) is 7.99. The number of aromatic amines is 1. The van der Waals surface area contributed by atoms with Crippen LogP contribution in [0.4, 0.5) is 0 Å². The van der Waals surface area contributed by atoms with Gasteiger partial charge in [0.1, 0.15) is 0 Å². The Morgan fingerprint density at radius 2 is 2.10 bits per heavy atom. The normalized spacial score (nSPS) is 25.9. The molecule has 3 atom stereocenters. The summed E-state index contributed by atoms with van der Waals surface area (Å²) in [4.78, 5) is 15.6. The van der Waals surface area contributed by atoms with E-state index in [2.05, 4.69) is 30.2 Å². The molecule has 1 aromatic heterocycles. The molecule has 1 amide bonds. The van der Waals surface area contributed by atoms with Crippen molar-refractivity contribution in [1.29, 1.82) is 0 Å². The summed E-state index contributed by atoms with van der Waals surface area (Å²) in [5.41, 5.74) is 2.18. The molecule has 2 N–H and O–H groups in total. The number of rotatable bonds is 3. The van der Waals surface area contributed by atoms with Gasteiger partial charge in [-0.3, -0.25) is 4.79 Å². The van der Waals surface area contributed by atoms with Crippen LogP contribution in [0.2, 0.25) is 0 Å². The fourth-order valence-electron chi connectivity index (χ4n) is 3.49. The van der Waals surface area contributed by atoms with Crippen molar-refractivity contribution in [2.75, 3.05) is 0 Å². The minimum atomic E-state index is 0.144. The topological polar surface area (TPSA) is 44.9 Å². The summed E-state index contributed by atoms with van der Waals surface area (Å²) in [5.74, 6) is 1.42. The van der Waals surface area contributed by atoms with Crippen molar-refractivity contribution in [3.63, 3.8) is 0 Å². The van der Waals surface area contributed by atoms with Gasteiger partial charge in [-0.1, -0.05) is 44.9 Å². The zero-order valence-electron chi connectivity index (χ0n) is 12.9. The molecule has 1 aliphatic rings. The largest absolute Gasteiger partial charge is 0.361 e. The highest BCUT2D eigenvalue weighted by molar-refractivity contribution is 5.88. The van der Waals surface area contributed by atoms with Gasteiger partial charge in [-0.05, 0) is 29.9 Å². The van der Waals surface area contributed by atoms with Gasteiger partial charge in [-0.15, -0.1) is 0 Å². The Morgan fingerprint density at radius 3 is 2.95 bits per heavy atom. The molecule has 0 radical (unpaired) electrons. The predicted molar refractivity (Wildman–Crippen MR) is 86.1 cm³/mol. The number of hydrogen-bond acceptors (Lipinski definition) is 1. The van der Waals surface area contributed by atoms with E-state index in [9.17, 15) is 4.79 Å². The van der Waals surface area contributed by atoms with Gasteiger partial charge >= 0.3 is 0 Å². The number of benzene rings is 1. The van der Waals surface area contributed by atoms with Crippen molar-refractivity contribution >= 4 is 16.8 Å². The monoisotopic (exact) mass is 284 g/mol. The Balaban J connectivity index is 1.66. The summed E-state index contributed by atoms with van der Waals surface area (Å²) in [7, 11) is 0. The number of para-hydroxylation sites is 1. The van der Waals surface area contributed by atoms with Crippen LogP contribution in [-0.2, 0) is 11.2 Å². The van der Waals surface area contributed by atoms with E-state index < -0.39 is 0 Å². The van der Waals surface area contributed by atoms with Crippen LogP contribution in [0.15, 0.2) is 30.5 Å². The lowest BCUT2D eigenvalue weighted by Gasteiger charge is -2.34. The first-order valence-corrected chi connectivity index (χ1v) is 7.99. The van der Waals surface area contributed by atoms with Crippen molar-refractivity contribution in [3.8, 4) is 0 Å². The molecule has 0 spiro atoms. The van der Waals surface area contributed by atoms with Crippen LogP contribution in [0.1, 0.15) is 38.7 Å². The summed E-state index contributed by atoms with van der Waals surface area (Å²) in [6.45, 7) is 4.56. The number of fused-ring (bicyclic) bond motifs is 1. The van der Waals surface area contributed by atoms with E-state index in [4.69, 9.17) is 0 Å². The van der Waals surface area contributed by atoms with Crippen molar-refractivity contribution < 1.29 is 4.79 Å². The number of nitrogens with one attached hydrogen (secondary N) is 2. The van der Waals surface area contributed by atoms with Crippen LogP contribution in [0.5, 0.6) is 0 Å². The second-order valence-electron chi connectivity index (χ2n) is 6.48. The molecule has 21 heavy (non-hydrogen) atoms. The average molecular weight is 284 g/mol. The lowest BCUT2D eigenvalue weighted by atomic mass is 9.78. The molecule has 3 heteroatoms. The highest BCUT2D eigenvalue weighted by Crippen LogP contribution is 2.29. The van der Waals surface area contributed by atoms with Gasteiger partial charge in [-0.25, -0.2) is 0 Å². The molecule has 0 bridgehead atoms. The minimum Gasteiger partial charge on any atom is -0.361 e. The Kier molecular flexibility index (Phi) is 4.00. The van der Waals surface area contributed by atoms with Gasteiger partial charge in [-0.2, -0.15) is 0 Å². The molecule has 1 aliphatic carbocycles. The molecule has 0 unspecified atom stereocenters. The lowest BCUT2D eigenvalue weighted by Crippen LogP contribution is -2.44. The van der Waals surface area contributed by atoms with E-state index in [0.717, 1.165) is 22.9 Å². The molecule has 3 rings (SSSR count). The van der Waals surface area contributed by atoms with Crippen LogP contribution in [0, 0.1) is 11.8 Å². The Hall–Kier alpha value is -1.77. The second-order valence-corrected chi connectivity index (χ2v) is 6.48. The summed E-state index contributed by atoms with van der Waals surface area (Å²) in [6, 6.07) is 8.48. The molecule has 0 aliphatic heterocycles. The maximum atomic E-state index is 12.3. The first kappa shape index (κ1) is 14.2. The maximum absolute atomic E-state index is 12.3. The molecule has 112 valence electrons. The highest BCUT2D eigenvalue weighted by atomic mass is 16.1. The third-order valence-corrected chi connectivity index (χ3v) is 5.08. The third-order valence-electron chi connectivity index (χ3n) is 5.08. The third kappa shape index (κ3) is 2.97. The Morgan fingerprint density at radius 1 is 1.29 bits per heavy atom. The fourth-order valence-corrected chi connectivity index (χ4v) is 3.49. The van der Waals surface area contributed by atoms with E-state index >= 15 is 0 Å². The quantitative estimate of drug-likeness (QED) is 0.888. The van der Waals surface area contributed by atoms with E-state index in [1.807, 2.05) is 24.4 Å². The SMILES string of the molecule is C[C@@H]1[C@H](C)CCC[C@H]1NC(=O)Cc1c[nH]c2ccccc12. The molecule has 1 saturated carbocycles. The van der Waals surface area contributed by atoms with Crippen molar-refractivity contribution in [2.45, 2.75) is 45.6 Å². The molecule has 3 nitrogen and oxygen atoms in total. The van der Waals surface area contributed by atoms with Crippen LogP contribution in [-0.4, -0.2) is 16.9 Å². The summed E-state index contributed by atoms with van der Waals surface area (Å²) in [6.07, 6.45) is 6.05. The molecule has 0 saturated heterocycles. The van der Waals surface area contributed by atoms with E-state index in [1.165, 1.54) is 12.8 Å². The maximum Gasteiger partial charge on any atom is 0.224 e. The smallest absolute Gasteiger partial charge is 0.224 e. The van der Waals surface area contributed by atoms with E-state index in [1.54, 1.807) is 0 Å². The average Bonchev–Trinajstić information content (AvgIpc) is 2.87. The molecule has 2 aromatic rings. The van der Waals surface area contributed by atoms with Gasteiger partial charge < -0.3 is 10.3 Å². The van der Waals surface area contributed by atoms with Gasteiger partial charge in [0, 0.05) is 23.1 Å². The second kappa shape index (κ2) is 5.92. The number of hydrogen-bond donors (Lipinski definition) is 2. The number of aromatic nitrogens is 1. The van der Waals surface area contributed by atoms with Gasteiger partial charge in [0.2, 0.25) is 5.91 Å². The number of H-pyrrole nitrogens is 1. The predicted octanol–water partition coefficient (Wildman–Crippen LogP) is 3.65. The zero-order valence-corrected chi connectivity index (χ0v) is 12.9. The fraction of sp³-hybridized carbons (Fsp3) is 0.500. The zero-order chi connectivity index (χ0) is 14.8. The first-order chi connectivity index (χ1) is 10.1. The van der Waals surface area contributed by atoms with Crippen LogP contribution < -0.4 is 5.32 Å². The summed E-state index contributed by atoms with van der Waals surface area (Å²) in [5, 5.41) is 4.40. The van der Waals surface area contributed by atoms with Crippen molar-refractivity contribution in [2.24, 2.45) is 11.8 Å². The number of carbonyl (C=O) groups is 1. The van der Waals surface area contributed by atoms with Crippen LogP contribution in [0.3, 0.4) is 0 Å². The van der Waals surface area contributed by atoms with Gasteiger partial charge in [0.05, 0.1) is 6.42 Å². The number of amides is 1. The van der Waals surface area contributed by atoms with Gasteiger partial charge in [0.25, 0.3) is 0 Å². The van der Waals surface area contributed by atoms with Crippen molar-refractivity contribution in [3.05, 3.63) is 36.0 Å². The van der Waals surface area contributed by atoms with Crippen LogP contribution in [0.25, 0.3) is 10.9 Å². The Bertz CT molecular complexity index is 631. The number of carbonyl (C=O) groups excluding carboxylic acids is 1. The Labute approximate surface area is 126 Å². The van der Waals surface area contributed by atoms with Gasteiger partial charge in [0.15, 0.2) is 0 Å². The molecular weight excluding hydrogens is 260 g/mol. The molecule has 1 aromatic carbocycles. The lowest BCUT2D eigenvalue weighted by molar-refractivity contribution is -0.121. The van der Waals surface area contributed by atoms with E-state index in [0.29, 0.717) is 24.3 Å². The van der Waals surface area contributed by atoms with Crippen LogP contribution >= 0.6 is 0 Å². The summed E-state index contributed by atoms with van der Waals surface area (Å²) >= 11 is 0. The van der Waals surface area contributed by atoms with Crippen molar-refractivity contribution in [1.82, 2.24) is 10.3 Å². The molecule has 1 fully saturated rings. The highest BCUT2D eigenvalue weighted by Gasteiger charge is 2.28. The molecule has 1 heterocycles. The standard InChI is InChI=1S/C18H24N2O/c1-12-6-5-9-16(13(12)2)20-18(21)10-14-11-19-17-8-4-3-7-15(14)17/h3-4,7-8,11-13,16,19H,5-6,9-10H2,1-2H3,(H,20,21)/t12-,13-,16-/m1/s1.